The summed E-state index contributed by atoms with van der Waals surface area (Å²) in [6.45, 7) is 2.14. The molecule has 0 radical (unpaired) electrons. The SMILES string of the molecule is CC1Cc2ccccc2N1C(=O)CCCc1c(-c2ccc3ccccc3n2)[nH]c2ccccc12. The van der Waals surface area contributed by atoms with Crippen LogP contribution in [0.15, 0.2) is 84.9 Å². The van der Waals surface area contributed by atoms with Crippen molar-refractivity contribution in [3.63, 3.8) is 0 Å². The molecule has 1 unspecified atom stereocenters. The van der Waals surface area contributed by atoms with Gasteiger partial charge in [0.25, 0.3) is 0 Å². The fourth-order valence-corrected chi connectivity index (χ4v) is 5.37. The van der Waals surface area contributed by atoms with Crippen molar-refractivity contribution >= 4 is 33.4 Å². The lowest BCUT2D eigenvalue weighted by Gasteiger charge is -2.22. The molecule has 5 aromatic rings. The van der Waals surface area contributed by atoms with Crippen LogP contribution in [0.5, 0.6) is 0 Å². The van der Waals surface area contributed by atoms with Gasteiger partial charge in [-0.25, -0.2) is 4.98 Å². The van der Waals surface area contributed by atoms with Crippen LogP contribution in [-0.2, 0) is 17.6 Å². The number of para-hydroxylation sites is 3. The van der Waals surface area contributed by atoms with E-state index in [1.807, 2.05) is 23.1 Å². The van der Waals surface area contributed by atoms with Crippen LogP contribution in [0.2, 0.25) is 0 Å². The molecule has 0 fully saturated rings. The van der Waals surface area contributed by atoms with E-state index in [2.05, 4.69) is 78.6 Å². The first-order valence-electron chi connectivity index (χ1n) is 12.0. The number of carbonyl (C=O) groups excluding carboxylic acids is 1. The van der Waals surface area contributed by atoms with Crippen LogP contribution in [0.25, 0.3) is 33.2 Å². The van der Waals surface area contributed by atoms with Crippen LogP contribution in [0.4, 0.5) is 5.69 Å². The number of hydrogen-bond donors (Lipinski definition) is 1. The van der Waals surface area contributed by atoms with Crippen LogP contribution in [-0.4, -0.2) is 21.9 Å². The quantitative estimate of drug-likeness (QED) is 0.328. The second-order valence-electron chi connectivity index (χ2n) is 9.21. The summed E-state index contributed by atoms with van der Waals surface area (Å²) < 4.78 is 0. The molecule has 0 saturated heterocycles. The Labute approximate surface area is 199 Å². The molecule has 34 heavy (non-hydrogen) atoms. The number of carbonyl (C=O) groups is 1. The van der Waals surface area contributed by atoms with Crippen LogP contribution >= 0.6 is 0 Å². The number of aromatic nitrogens is 2. The predicted molar refractivity (Wildman–Crippen MR) is 139 cm³/mol. The maximum absolute atomic E-state index is 13.2. The Morgan fingerprint density at radius 1 is 0.971 bits per heavy atom. The number of nitrogens with zero attached hydrogens (tertiary/aromatic N) is 2. The minimum Gasteiger partial charge on any atom is -0.353 e. The van der Waals surface area contributed by atoms with Crippen molar-refractivity contribution in [3.8, 4) is 11.4 Å². The number of fused-ring (bicyclic) bond motifs is 3. The van der Waals surface area contributed by atoms with Gasteiger partial charge in [-0.15, -0.1) is 0 Å². The summed E-state index contributed by atoms with van der Waals surface area (Å²) in [4.78, 5) is 23.8. The molecule has 4 nitrogen and oxygen atoms in total. The largest absolute Gasteiger partial charge is 0.353 e. The van der Waals surface area contributed by atoms with Gasteiger partial charge >= 0.3 is 0 Å². The van der Waals surface area contributed by atoms with Gasteiger partial charge in [-0.2, -0.15) is 0 Å². The van der Waals surface area contributed by atoms with Gasteiger partial charge in [-0.05, 0) is 61.6 Å². The summed E-state index contributed by atoms with van der Waals surface area (Å²) in [5.41, 5.74) is 7.67. The van der Waals surface area contributed by atoms with Crippen LogP contribution in [0.3, 0.4) is 0 Å². The molecule has 1 aliphatic rings. The summed E-state index contributed by atoms with van der Waals surface area (Å²) in [5, 5.41) is 2.34. The molecule has 1 atom stereocenters. The summed E-state index contributed by atoms with van der Waals surface area (Å²) in [7, 11) is 0. The third kappa shape index (κ3) is 3.56. The van der Waals surface area contributed by atoms with E-state index in [1.165, 1.54) is 16.5 Å². The van der Waals surface area contributed by atoms with Gasteiger partial charge in [-0.1, -0.05) is 60.7 Å². The minimum absolute atomic E-state index is 0.211. The number of benzene rings is 3. The van der Waals surface area contributed by atoms with Gasteiger partial charge in [0.05, 0.1) is 16.9 Å². The van der Waals surface area contributed by atoms with Gasteiger partial charge in [0, 0.05) is 34.4 Å². The zero-order valence-corrected chi connectivity index (χ0v) is 19.3. The van der Waals surface area contributed by atoms with Crippen LogP contribution in [0.1, 0.15) is 30.9 Å². The number of aryl methyl sites for hydroxylation is 1. The van der Waals surface area contributed by atoms with E-state index in [0.717, 1.165) is 52.8 Å². The monoisotopic (exact) mass is 445 g/mol. The minimum atomic E-state index is 0.211. The fourth-order valence-electron chi connectivity index (χ4n) is 5.37. The Kier molecular flexibility index (Phi) is 5.14. The topological polar surface area (TPSA) is 49.0 Å². The van der Waals surface area contributed by atoms with Crippen molar-refractivity contribution in [1.29, 1.82) is 0 Å². The number of pyridine rings is 1. The molecule has 168 valence electrons. The van der Waals surface area contributed by atoms with Crippen LogP contribution < -0.4 is 4.90 Å². The zero-order valence-electron chi connectivity index (χ0n) is 19.3. The number of aromatic amines is 1. The molecule has 1 N–H and O–H groups in total. The highest BCUT2D eigenvalue weighted by Gasteiger charge is 2.30. The van der Waals surface area contributed by atoms with Gasteiger partial charge in [0.1, 0.15) is 0 Å². The van der Waals surface area contributed by atoms with Crippen molar-refractivity contribution < 1.29 is 4.79 Å². The average molecular weight is 446 g/mol. The van der Waals surface area contributed by atoms with E-state index in [1.54, 1.807) is 0 Å². The van der Waals surface area contributed by atoms with Gasteiger partial charge in [0.15, 0.2) is 0 Å². The first kappa shape index (κ1) is 20.7. The van der Waals surface area contributed by atoms with E-state index in [9.17, 15) is 4.79 Å². The average Bonchev–Trinajstić information content (AvgIpc) is 3.40. The predicted octanol–water partition coefficient (Wildman–Crippen LogP) is 6.68. The number of H-pyrrole nitrogens is 1. The van der Waals surface area contributed by atoms with E-state index in [4.69, 9.17) is 4.98 Å². The highest BCUT2D eigenvalue weighted by atomic mass is 16.2. The van der Waals surface area contributed by atoms with Crippen LogP contribution in [0, 0.1) is 0 Å². The Bertz CT molecular complexity index is 1520. The lowest BCUT2D eigenvalue weighted by atomic mass is 10.0. The Hall–Kier alpha value is -3.92. The maximum atomic E-state index is 13.2. The molecule has 4 heteroatoms. The molecule has 1 aliphatic heterocycles. The second-order valence-corrected chi connectivity index (χ2v) is 9.21. The summed E-state index contributed by atoms with van der Waals surface area (Å²) in [6.07, 6.45) is 3.08. The molecule has 1 amide bonds. The van der Waals surface area contributed by atoms with Gasteiger partial charge in [0.2, 0.25) is 5.91 Å². The van der Waals surface area contributed by atoms with E-state index >= 15 is 0 Å². The van der Waals surface area contributed by atoms with Crippen molar-refractivity contribution in [2.75, 3.05) is 4.90 Å². The number of rotatable bonds is 5. The fraction of sp³-hybridized carbons (Fsp3) is 0.200. The Morgan fingerprint density at radius 2 is 1.76 bits per heavy atom. The highest BCUT2D eigenvalue weighted by Crippen LogP contribution is 2.34. The van der Waals surface area contributed by atoms with E-state index in [-0.39, 0.29) is 11.9 Å². The molecule has 0 saturated carbocycles. The molecule has 3 heterocycles. The summed E-state index contributed by atoms with van der Waals surface area (Å²) in [5.74, 6) is 0.211. The van der Waals surface area contributed by atoms with Crippen molar-refractivity contribution in [3.05, 3.63) is 96.1 Å². The molecule has 0 spiro atoms. The number of anilines is 1. The third-order valence-electron chi connectivity index (χ3n) is 6.96. The normalized spacial score (nSPS) is 15.2. The lowest BCUT2D eigenvalue weighted by Crippen LogP contribution is -2.35. The lowest BCUT2D eigenvalue weighted by molar-refractivity contribution is -0.119. The molecular weight excluding hydrogens is 418 g/mol. The number of amides is 1. The smallest absolute Gasteiger partial charge is 0.227 e. The molecule has 6 rings (SSSR count). The zero-order chi connectivity index (χ0) is 23.1. The highest BCUT2D eigenvalue weighted by molar-refractivity contribution is 5.96. The Balaban J connectivity index is 1.28. The first-order chi connectivity index (χ1) is 16.7. The Morgan fingerprint density at radius 3 is 2.71 bits per heavy atom. The number of nitrogens with one attached hydrogen (secondary N) is 1. The second kappa shape index (κ2) is 8.45. The van der Waals surface area contributed by atoms with Gasteiger partial charge in [-0.3, -0.25) is 4.79 Å². The van der Waals surface area contributed by atoms with Crippen molar-refractivity contribution in [2.24, 2.45) is 0 Å². The van der Waals surface area contributed by atoms with E-state index in [0.29, 0.717) is 6.42 Å². The number of hydrogen-bond acceptors (Lipinski definition) is 2. The van der Waals surface area contributed by atoms with Crippen molar-refractivity contribution in [1.82, 2.24) is 9.97 Å². The van der Waals surface area contributed by atoms with Crippen molar-refractivity contribution in [2.45, 2.75) is 38.6 Å². The standard InChI is InChI=1S/C30H27N3O/c1-20-19-22-10-3-7-15-28(22)33(20)29(34)16-8-12-24-23-11-4-6-14-26(23)32-30(24)27-18-17-21-9-2-5-13-25(21)31-27/h2-7,9-11,13-15,17-18,20,32H,8,12,16,19H2,1H3. The summed E-state index contributed by atoms with van der Waals surface area (Å²) >= 11 is 0. The third-order valence-corrected chi connectivity index (χ3v) is 6.96. The van der Waals surface area contributed by atoms with E-state index < -0.39 is 0 Å². The summed E-state index contributed by atoms with van der Waals surface area (Å²) in [6, 6.07) is 29.3. The maximum Gasteiger partial charge on any atom is 0.227 e. The molecule has 0 bridgehead atoms. The molecule has 3 aromatic carbocycles. The molecular formula is C30H27N3O. The van der Waals surface area contributed by atoms with Gasteiger partial charge < -0.3 is 9.88 Å². The molecule has 0 aliphatic carbocycles. The molecule has 2 aromatic heterocycles. The first-order valence-corrected chi connectivity index (χ1v) is 12.0.